The number of unbranched alkanes of at least 4 members (excludes halogenated alkanes) is 3. The molecule has 120 valence electrons. The van der Waals surface area contributed by atoms with Crippen LogP contribution in [0.25, 0.3) is 0 Å². The molecule has 1 unspecified atom stereocenters. The van der Waals surface area contributed by atoms with Gasteiger partial charge in [-0.2, -0.15) is 0 Å². The van der Waals surface area contributed by atoms with Gasteiger partial charge in [-0.1, -0.05) is 76.7 Å². The summed E-state index contributed by atoms with van der Waals surface area (Å²) in [5.41, 5.74) is 3.88. The van der Waals surface area contributed by atoms with Gasteiger partial charge in [0.1, 0.15) is 0 Å². The van der Waals surface area contributed by atoms with Gasteiger partial charge in [0.2, 0.25) is 0 Å². The van der Waals surface area contributed by atoms with Gasteiger partial charge >= 0.3 is 0 Å². The highest BCUT2D eigenvalue weighted by Crippen LogP contribution is 2.21. The fourth-order valence-corrected chi connectivity index (χ4v) is 2.66. The average Bonchev–Trinajstić information content (AvgIpc) is 2.46. The van der Waals surface area contributed by atoms with Crippen molar-refractivity contribution in [2.24, 2.45) is 5.92 Å². The van der Waals surface area contributed by atoms with Crippen molar-refractivity contribution >= 4 is 6.21 Å². The monoisotopic (exact) mass is 289 g/mol. The molecule has 0 heterocycles. The second kappa shape index (κ2) is 12.6. The van der Waals surface area contributed by atoms with Crippen molar-refractivity contribution in [2.75, 3.05) is 0 Å². The summed E-state index contributed by atoms with van der Waals surface area (Å²) >= 11 is 0. The highest BCUT2D eigenvalue weighted by molar-refractivity contribution is 5.70. The molecular weight excluding hydrogens is 254 g/mol. The molecule has 0 fully saturated rings. The zero-order chi connectivity index (χ0) is 16.1. The Morgan fingerprint density at radius 3 is 2.48 bits per heavy atom. The summed E-state index contributed by atoms with van der Waals surface area (Å²) in [5, 5.41) is 7.19. The van der Waals surface area contributed by atoms with Crippen molar-refractivity contribution in [2.45, 2.75) is 79.1 Å². The summed E-state index contributed by atoms with van der Waals surface area (Å²) in [7, 11) is 0. The van der Waals surface area contributed by atoms with Gasteiger partial charge in [0.05, 0.1) is 0 Å². The molecule has 1 N–H and O–H groups in total. The summed E-state index contributed by atoms with van der Waals surface area (Å²) in [6.07, 6.45) is 15.4. The molecule has 0 aliphatic rings. The highest BCUT2D eigenvalue weighted by Gasteiger charge is 2.04. The van der Waals surface area contributed by atoms with Gasteiger partial charge < -0.3 is 5.41 Å². The van der Waals surface area contributed by atoms with Gasteiger partial charge in [-0.15, -0.1) is 0 Å². The summed E-state index contributed by atoms with van der Waals surface area (Å²) in [4.78, 5) is 0. The van der Waals surface area contributed by atoms with E-state index in [1.165, 1.54) is 55.0 Å². The zero-order valence-electron chi connectivity index (χ0n) is 14.7. The van der Waals surface area contributed by atoms with Crippen LogP contribution in [-0.2, 0) is 0 Å². The standard InChI is InChI=1S/C20H35N/c1-6-8-9-10-11-17(3)16-18(4)12-13-19(5)20(7-2)14-15-21/h13-15,17,21H,4,6-12,16H2,1-3,5H3/b19-13+,20-14-,21-15?. The average molecular weight is 290 g/mol. The molecule has 0 aromatic rings. The third-order valence-corrected chi connectivity index (χ3v) is 4.06. The van der Waals surface area contributed by atoms with E-state index in [2.05, 4.69) is 40.3 Å². The minimum absolute atomic E-state index is 0.755. The van der Waals surface area contributed by atoms with Gasteiger partial charge in [0.25, 0.3) is 0 Å². The Morgan fingerprint density at radius 2 is 1.90 bits per heavy atom. The van der Waals surface area contributed by atoms with E-state index < -0.39 is 0 Å². The molecule has 1 heteroatoms. The minimum atomic E-state index is 0.755. The fourth-order valence-electron chi connectivity index (χ4n) is 2.66. The van der Waals surface area contributed by atoms with Crippen LogP contribution in [0.5, 0.6) is 0 Å². The maximum absolute atomic E-state index is 7.19. The molecule has 1 atom stereocenters. The van der Waals surface area contributed by atoms with Gasteiger partial charge in [-0.3, -0.25) is 0 Å². The Labute approximate surface area is 132 Å². The zero-order valence-corrected chi connectivity index (χ0v) is 14.7. The van der Waals surface area contributed by atoms with E-state index in [1.807, 2.05) is 6.08 Å². The number of hydrogen-bond donors (Lipinski definition) is 1. The Kier molecular flexibility index (Phi) is 12.0. The summed E-state index contributed by atoms with van der Waals surface area (Å²) in [5.74, 6) is 0.755. The molecule has 0 aromatic carbocycles. The molecule has 0 saturated carbocycles. The fraction of sp³-hybridized carbons (Fsp3) is 0.650. The Bertz CT molecular complexity index is 360. The van der Waals surface area contributed by atoms with E-state index in [-0.39, 0.29) is 0 Å². The molecule has 21 heavy (non-hydrogen) atoms. The maximum atomic E-state index is 7.19. The second-order valence-corrected chi connectivity index (χ2v) is 6.21. The highest BCUT2D eigenvalue weighted by atomic mass is 14.3. The Hall–Kier alpha value is -1.11. The first-order valence-electron chi connectivity index (χ1n) is 8.58. The molecule has 0 aromatic heterocycles. The number of hydrogen-bond acceptors (Lipinski definition) is 1. The van der Waals surface area contributed by atoms with Crippen LogP contribution in [0, 0.1) is 11.3 Å². The number of nitrogens with one attached hydrogen (secondary N) is 1. The third-order valence-electron chi connectivity index (χ3n) is 4.06. The molecular formula is C20H35N. The topological polar surface area (TPSA) is 23.9 Å². The Balaban J connectivity index is 4.13. The summed E-state index contributed by atoms with van der Waals surface area (Å²) in [6, 6.07) is 0. The lowest BCUT2D eigenvalue weighted by Crippen LogP contribution is -1.97. The van der Waals surface area contributed by atoms with Crippen LogP contribution >= 0.6 is 0 Å². The smallest absolute Gasteiger partial charge is 0.0180 e. The van der Waals surface area contributed by atoms with E-state index in [0.717, 1.165) is 25.2 Å². The van der Waals surface area contributed by atoms with Crippen LogP contribution in [-0.4, -0.2) is 6.21 Å². The van der Waals surface area contributed by atoms with Gasteiger partial charge in [0, 0.05) is 6.21 Å². The van der Waals surface area contributed by atoms with Crippen molar-refractivity contribution in [3.63, 3.8) is 0 Å². The van der Waals surface area contributed by atoms with Gasteiger partial charge in [-0.05, 0) is 43.8 Å². The van der Waals surface area contributed by atoms with Crippen LogP contribution < -0.4 is 0 Å². The molecule has 0 saturated heterocycles. The largest absolute Gasteiger partial charge is 0.309 e. The first kappa shape index (κ1) is 19.9. The SMILES string of the molecule is C=C(C/C=C(C)/C(=C\C=N)CC)CC(C)CCCCCC. The number of rotatable bonds is 12. The molecule has 0 spiro atoms. The number of allylic oxidation sites excluding steroid dienone is 5. The van der Waals surface area contributed by atoms with Crippen molar-refractivity contribution in [3.05, 3.63) is 35.5 Å². The van der Waals surface area contributed by atoms with Crippen LogP contribution in [0.2, 0.25) is 0 Å². The van der Waals surface area contributed by atoms with Crippen molar-refractivity contribution < 1.29 is 0 Å². The molecule has 0 amide bonds. The van der Waals surface area contributed by atoms with Crippen molar-refractivity contribution in [3.8, 4) is 0 Å². The first-order valence-corrected chi connectivity index (χ1v) is 8.58. The van der Waals surface area contributed by atoms with Gasteiger partial charge in [0.15, 0.2) is 0 Å². The van der Waals surface area contributed by atoms with E-state index in [0.29, 0.717) is 0 Å². The minimum Gasteiger partial charge on any atom is -0.309 e. The van der Waals surface area contributed by atoms with E-state index in [4.69, 9.17) is 5.41 Å². The van der Waals surface area contributed by atoms with E-state index in [9.17, 15) is 0 Å². The maximum Gasteiger partial charge on any atom is 0.0180 e. The van der Waals surface area contributed by atoms with Crippen LogP contribution in [0.4, 0.5) is 0 Å². The van der Waals surface area contributed by atoms with Crippen LogP contribution in [0.15, 0.2) is 35.5 Å². The van der Waals surface area contributed by atoms with Crippen molar-refractivity contribution in [1.29, 1.82) is 5.41 Å². The third kappa shape index (κ3) is 10.3. The molecule has 0 aliphatic heterocycles. The summed E-state index contributed by atoms with van der Waals surface area (Å²) < 4.78 is 0. The van der Waals surface area contributed by atoms with Crippen LogP contribution in [0.3, 0.4) is 0 Å². The molecule has 0 aliphatic carbocycles. The molecule has 0 bridgehead atoms. The molecule has 1 nitrogen and oxygen atoms in total. The van der Waals surface area contributed by atoms with Crippen LogP contribution in [0.1, 0.15) is 79.1 Å². The molecule has 0 radical (unpaired) electrons. The normalized spacial score (nSPS) is 14.1. The first-order chi connectivity index (χ1) is 10.0. The second-order valence-electron chi connectivity index (χ2n) is 6.21. The lowest BCUT2D eigenvalue weighted by Gasteiger charge is -2.13. The molecule has 0 rings (SSSR count). The lowest BCUT2D eigenvalue weighted by molar-refractivity contribution is 0.484. The van der Waals surface area contributed by atoms with E-state index >= 15 is 0 Å². The Morgan fingerprint density at radius 1 is 1.19 bits per heavy atom. The predicted octanol–water partition coefficient (Wildman–Crippen LogP) is 6.86. The van der Waals surface area contributed by atoms with Crippen molar-refractivity contribution in [1.82, 2.24) is 0 Å². The predicted molar refractivity (Wildman–Crippen MR) is 97.2 cm³/mol. The lowest BCUT2D eigenvalue weighted by atomic mass is 9.93. The van der Waals surface area contributed by atoms with E-state index in [1.54, 1.807) is 0 Å². The summed E-state index contributed by atoms with van der Waals surface area (Å²) in [6.45, 7) is 13.1. The van der Waals surface area contributed by atoms with Gasteiger partial charge in [-0.25, -0.2) is 0 Å². The quantitative estimate of drug-likeness (QED) is 0.175.